The number of aliphatic hydroxyl groups excluding tert-OH is 1. The minimum absolute atomic E-state index is 0.0272. The summed E-state index contributed by atoms with van der Waals surface area (Å²) >= 11 is 0. The second-order valence-electron chi connectivity index (χ2n) is 7.33. The summed E-state index contributed by atoms with van der Waals surface area (Å²) in [7, 11) is 1.71. The number of fused-ring (bicyclic) bond motifs is 1. The van der Waals surface area contributed by atoms with Crippen LogP contribution in [0, 0.1) is 0 Å². The number of hydrogen-bond acceptors (Lipinski definition) is 6. The standard InChI is InChI=1S/C20H23N5O2/c1-27-18-7-20-22-9-16(25(20)11-13(18)12-5-6-12)14-3-2-4-19(23-14)24-15-8-21-10-17(15)26/h2-4,7,9,11-12,15,17,21,26H,5-6,8,10H2,1H3,(H,23,24)/t15-,17-/m0/s1. The monoisotopic (exact) mass is 365 g/mol. The first kappa shape index (κ1) is 16.5. The molecule has 7 heteroatoms. The predicted molar refractivity (Wildman–Crippen MR) is 103 cm³/mol. The third kappa shape index (κ3) is 3.02. The highest BCUT2D eigenvalue weighted by Gasteiger charge is 2.28. The van der Waals surface area contributed by atoms with Gasteiger partial charge >= 0.3 is 0 Å². The zero-order chi connectivity index (χ0) is 18.4. The Bertz CT molecular complexity index is 982. The van der Waals surface area contributed by atoms with Crippen molar-refractivity contribution in [2.75, 3.05) is 25.5 Å². The topological polar surface area (TPSA) is 83.7 Å². The van der Waals surface area contributed by atoms with Gasteiger partial charge in [-0.2, -0.15) is 0 Å². The van der Waals surface area contributed by atoms with Gasteiger partial charge in [-0.05, 0) is 30.9 Å². The van der Waals surface area contributed by atoms with Crippen LogP contribution in [0.15, 0.2) is 36.7 Å². The average molecular weight is 365 g/mol. The van der Waals surface area contributed by atoms with Crippen LogP contribution in [0.1, 0.15) is 24.3 Å². The van der Waals surface area contributed by atoms with E-state index < -0.39 is 6.10 Å². The molecule has 2 atom stereocenters. The number of rotatable bonds is 5. The number of nitrogens with zero attached hydrogens (tertiary/aromatic N) is 3. The van der Waals surface area contributed by atoms with Crippen molar-refractivity contribution in [2.24, 2.45) is 0 Å². The van der Waals surface area contributed by atoms with E-state index in [4.69, 9.17) is 9.72 Å². The van der Waals surface area contributed by atoms with Crippen LogP contribution in [0.2, 0.25) is 0 Å². The fourth-order valence-corrected chi connectivity index (χ4v) is 3.75. The highest BCUT2D eigenvalue weighted by molar-refractivity contribution is 5.64. The molecule has 1 aliphatic heterocycles. The van der Waals surface area contributed by atoms with E-state index in [0.717, 1.165) is 35.1 Å². The van der Waals surface area contributed by atoms with Gasteiger partial charge in [0.15, 0.2) is 0 Å². The molecule has 2 aliphatic rings. The number of ether oxygens (including phenoxy) is 1. The molecule has 27 heavy (non-hydrogen) atoms. The van der Waals surface area contributed by atoms with E-state index in [1.165, 1.54) is 18.4 Å². The van der Waals surface area contributed by atoms with Crippen LogP contribution in [0.25, 0.3) is 17.0 Å². The van der Waals surface area contributed by atoms with Gasteiger partial charge in [0, 0.05) is 30.9 Å². The summed E-state index contributed by atoms with van der Waals surface area (Å²) in [5.74, 6) is 2.25. The summed E-state index contributed by atoms with van der Waals surface area (Å²) in [6.45, 7) is 1.34. The SMILES string of the molecule is COc1cc2ncc(-c3cccc(N[C@H]4CNC[C@@H]4O)n3)n2cc1C1CC1. The van der Waals surface area contributed by atoms with E-state index in [1.807, 2.05) is 30.5 Å². The van der Waals surface area contributed by atoms with Gasteiger partial charge in [0.1, 0.15) is 17.2 Å². The van der Waals surface area contributed by atoms with Gasteiger partial charge < -0.3 is 20.5 Å². The van der Waals surface area contributed by atoms with Crippen molar-refractivity contribution in [1.29, 1.82) is 0 Å². The molecular formula is C20H23N5O2. The molecule has 5 rings (SSSR count). The van der Waals surface area contributed by atoms with Gasteiger partial charge in [-0.1, -0.05) is 6.07 Å². The lowest BCUT2D eigenvalue weighted by Gasteiger charge is -2.16. The van der Waals surface area contributed by atoms with Gasteiger partial charge in [-0.15, -0.1) is 0 Å². The van der Waals surface area contributed by atoms with E-state index in [1.54, 1.807) is 7.11 Å². The smallest absolute Gasteiger partial charge is 0.140 e. The molecule has 140 valence electrons. The van der Waals surface area contributed by atoms with Crippen LogP contribution >= 0.6 is 0 Å². The first-order valence-electron chi connectivity index (χ1n) is 9.40. The summed E-state index contributed by atoms with van der Waals surface area (Å²) in [5, 5.41) is 16.5. The predicted octanol–water partition coefficient (Wildman–Crippen LogP) is 2.03. The molecule has 1 saturated heterocycles. The second-order valence-corrected chi connectivity index (χ2v) is 7.33. The highest BCUT2D eigenvalue weighted by atomic mass is 16.5. The molecule has 0 spiro atoms. The Morgan fingerprint density at radius 1 is 1.30 bits per heavy atom. The van der Waals surface area contributed by atoms with Crippen molar-refractivity contribution in [3.8, 4) is 17.1 Å². The fourth-order valence-electron chi connectivity index (χ4n) is 3.75. The molecule has 0 amide bonds. The first-order chi connectivity index (χ1) is 13.2. The molecule has 0 aromatic carbocycles. The van der Waals surface area contributed by atoms with Crippen LogP contribution in [0.4, 0.5) is 5.82 Å². The number of imidazole rings is 1. The molecule has 3 aromatic heterocycles. The molecule has 4 heterocycles. The average Bonchev–Trinajstić information content (AvgIpc) is 3.34. The molecule has 3 N–H and O–H groups in total. The Hall–Kier alpha value is -2.64. The van der Waals surface area contributed by atoms with Crippen molar-refractivity contribution in [3.63, 3.8) is 0 Å². The Kier molecular flexibility index (Phi) is 3.98. The van der Waals surface area contributed by atoms with Gasteiger partial charge in [-0.3, -0.25) is 4.40 Å². The van der Waals surface area contributed by atoms with Crippen LogP contribution in [0.3, 0.4) is 0 Å². The van der Waals surface area contributed by atoms with Crippen molar-refractivity contribution in [1.82, 2.24) is 19.7 Å². The number of anilines is 1. The number of methoxy groups -OCH3 is 1. The zero-order valence-electron chi connectivity index (χ0n) is 15.2. The minimum Gasteiger partial charge on any atom is -0.496 e. The van der Waals surface area contributed by atoms with Crippen molar-refractivity contribution in [2.45, 2.75) is 30.9 Å². The van der Waals surface area contributed by atoms with E-state index in [9.17, 15) is 5.11 Å². The van der Waals surface area contributed by atoms with Crippen molar-refractivity contribution < 1.29 is 9.84 Å². The summed E-state index contributed by atoms with van der Waals surface area (Å²) < 4.78 is 7.66. The Morgan fingerprint density at radius 3 is 2.93 bits per heavy atom. The Labute approximate surface area is 157 Å². The highest BCUT2D eigenvalue weighted by Crippen LogP contribution is 2.44. The van der Waals surface area contributed by atoms with Gasteiger partial charge in [0.05, 0.1) is 36.8 Å². The summed E-state index contributed by atoms with van der Waals surface area (Å²) in [6, 6.07) is 7.86. The first-order valence-corrected chi connectivity index (χ1v) is 9.40. The molecule has 1 saturated carbocycles. The number of nitrogens with one attached hydrogen (secondary N) is 2. The number of pyridine rings is 2. The second kappa shape index (κ2) is 6.51. The summed E-state index contributed by atoms with van der Waals surface area (Å²) in [6.07, 6.45) is 6.01. The Balaban J connectivity index is 1.51. The third-order valence-electron chi connectivity index (χ3n) is 5.40. The van der Waals surface area contributed by atoms with Crippen LogP contribution in [-0.2, 0) is 0 Å². The van der Waals surface area contributed by atoms with E-state index in [-0.39, 0.29) is 6.04 Å². The number of aliphatic hydroxyl groups is 1. The lowest BCUT2D eigenvalue weighted by molar-refractivity contribution is 0.185. The molecule has 0 radical (unpaired) electrons. The lowest BCUT2D eigenvalue weighted by Crippen LogP contribution is -2.32. The summed E-state index contributed by atoms with van der Waals surface area (Å²) in [4.78, 5) is 9.30. The van der Waals surface area contributed by atoms with Crippen molar-refractivity contribution >= 4 is 11.5 Å². The molecule has 1 aliphatic carbocycles. The fraction of sp³-hybridized carbons (Fsp3) is 0.400. The third-order valence-corrected chi connectivity index (χ3v) is 5.40. The molecule has 7 nitrogen and oxygen atoms in total. The molecule has 0 unspecified atom stereocenters. The van der Waals surface area contributed by atoms with Crippen LogP contribution in [0.5, 0.6) is 5.75 Å². The van der Waals surface area contributed by atoms with E-state index >= 15 is 0 Å². The van der Waals surface area contributed by atoms with Crippen LogP contribution in [-0.4, -0.2) is 51.8 Å². The quantitative estimate of drug-likeness (QED) is 0.642. The molecule has 2 fully saturated rings. The maximum Gasteiger partial charge on any atom is 0.140 e. The normalized spacial score (nSPS) is 22.3. The van der Waals surface area contributed by atoms with Crippen molar-refractivity contribution in [3.05, 3.63) is 42.2 Å². The molecule has 3 aromatic rings. The number of β-amino-alcohol motifs (C(OH)–C–C–N with tert-alkyl or cyclic N) is 1. The minimum atomic E-state index is -0.403. The van der Waals surface area contributed by atoms with E-state index in [0.29, 0.717) is 12.5 Å². The van der Waals surface area contributed by atoms with Gasteiger partial charge in [-0.25, -0.2) is 9.97 Å². The zero-order valence-corrected chi connectivity index (χ0v) is 15.2. The lowest BCUT2D eigenvalue weighted by atomic mass is 10.1. The molecular weight excluding hydrogens is 342 g/mol. The van der Waals surface area contributed by atoms with Crippen LogP contribution < -0.4 is 15.4 Å². The number of hydrogen-bond donors (Lipinski definition) is 3. The number of aromatic nitrogens is 3. The maximum atomic E-state index is 10.0. The summed E-state index contributed by atoms with van der Waals surface area (Å²) in [5.41, 5.74) is 3.88. The van der Waals surface area contributed by atoms with Gasteiger partial charge in [0.25, 0.3) is 0 Å². The largest absolute Gasteiger partial charge is 0.496 e. The molecule has 0 bridgehead atoms. The van der Waals surface area contributed by atoms with E-state index in [2.05, 4.69) is 26.2 Å². The Morgan fingerprint density at radius 2 is 2.19 bits per heavy atom. The maximum absolute atomic E-state index is 10.0. The van der Waals surface area contributed by atoms with Gasteiger partial charge in [0.2, 0.25) is 0 Å².